The normalized spacial score (nSPS) is 24.4. The summed E-state index contributed by atoms with van der Waals surface area (Å²) in [4.78, 5) is 56.1. The van der Waals surface area contributed by atoms with Crippen molar-refractivity contribution in [3.63, 3.8) is 0 Å². The molecule has 11 heteroatoms. The first-order chi connectivity index (χ1) is 24.7. The molecule has 2 aliphatic carbocycles. The largest absolute Gasteiger partial charge is 0.467 e. The van der Waals surface area contributed by atoms with E-state index in [1.165, 1.54) is 12.8 Å². The zero-order valence-corrected chi connectivity index (χ0v) is 30.5. The molecule has 5 atom stereocenters. The van der Waals surface area contributed by atoms with Crippen molar-refractivity contribution in [1.29, 1.82) is 0 Å². The number of benzene rings is 2. The van der Waals surface area contributed by atoms with Crippen LogP contribution in [0.1, 0.15) is 89.0 Å². The average Bonchev–Trinajstić information content (AvgIpc) is 3.69. The lowest BCUT2D eigenvalue weighted by atomic mass is 9.82. The maximum absolute atomic E-state index is 14.0. The van der Waals surface area contributed by atoms with Gasteiger partial charge >= 0.3 is 12.1 Å². The molecule has 2 heterocycles. The maximum Gasteiger partial charge on any atom is 0.408 e. The number of alkyl carbamates (subject to hydrolysis) is 1. The molecule has 276 valence electrons. The Hall–Kier alpha value is -3.79. The lowest BCUT2D eigenvalue weighted by Crippen LogP contribution is -2.53. The van der Waals surface area contributed by atoms with Gasteiger partial charge < -0.3 is 30.3 Å². The molecule has 10 nitrogen and oxygen atoms in total. The average molecular weight is 721 g/mol. The number of para-hydroxylation sites is 1. The van der Waals surface area contributed by atoms with Crippen LogP contribution in [0.5, 0.6) is 0 Å². The Morgan fingerprint density at radius 2 is 1.69 bits per heavy atom. The highest BCUT2D eigenvalue weighted by atomic mass is 35.5. The van der Waals surface area contributed by atoms with Crippen LogP contribution >= 0.6 is 11.6 Å². The number of carbonyl (C=O) groups is 4. The van der Waals surface area contributed by atoms with Crippen molar-refractivity contribution >= 4 is 41.2 Å². The van der Waals surface area contributed by atoms with Crippen LogP contribution in [0.2, 0.25) is 5.02 Å². The number of halogens is 1. The number of hydrogen-bond donors (Lipinski definition) is 3. The van der Waals surface area contributed by atoms with E-state index < -0.39 is 36.0 Å². The van der Waals surface area contributed by atoms with E-state index in [4.69, 9.17) is 21.1 Å². The number of nitrogens with zero attached hydrogens (tertiary/aromatic N) is 1. The van der Waals surface area contributed by atoms with Gasteiger partial charge in [0.15, 0.2) is 0 Å². The first-order valence-corrected chi connectivity index (χ1v) is 19.3. The minimum Gasteiger partial charge on any atom is -0.467 e. The zero-order chi connectivity index (χ0) is 35.8. The molecule has 2 aromatic rings. The van der Waals surface area contributed by atoms with Crippen molar-refractivity contribution in [3.05, 3.63) is 65.2 Å². The number of hydrogen-bond acceptors (Lipinski definition) is 7. The molecule has 3 N–H and O–H groups in total. The summed E-state index contributed by atoms with van der Waals surface area (Å²) >= 11 is 6.21. The van der Waals surface area contributed by atoms with Gasteiger partial charge in [-0.05, 0) is 93.5 Å². The molecule has 2 aromatic carbocycles. The van der Waals surface area contributed by atoms with Crippen LogP contribution in [-0.2, 0) is 30.3 Å². The van der Waals surface area contributed by atoms with Crippen molar-refractivity contribution < 1.29 is 28.7 Å². The summed E-state index contributed by atoms with van der Waals surface area (Å²) in [5, 5.41) is 9.70. The van der Waals surface area contributed by atoms with Gasteiger partial charge in [0.05, 0.1) is 7.11 Å². The summed E-state index contributed by atoms with van der Waals surface area (Å²) in [6.07, 6.45) is 10.6. The number of esters is 1. The summed E-state index contributed by atoms with van der Waals surface area (Å²) in [6.45, 7) is 1.64. The summed E-state index contributed by atoms with van der Waals surface area (Å²) < 4.78 is 11.1. The topological polar surface area (TPSA) is 126 Å². The SMILES string of the molecule is COC(=O)C(CC1CC2(CCN(c3ccccc3)CC2)NC1=O)NC(=O)[C@H](CC1CCCCC1)NC(=O)OC1CCCC1Cc1cccc(Cl)c1. The number of piperidine rings is 1. The molecule has 4 aliphatic rings. The number of anilines is 1. The quantitative estimate of drug-likeness (QED) is 0.219. The van der Waals surface area contributed by atoms with Gasteiger partial charge in [-0.3, -0.25) is 9.59 Å². The van der Waals surface area contributed by atoms with E-state index in [2.05, 4.69) is 33.0 Å². The van der Waals surface area contributed by atoms with E-state index in [0.29, 0.717) is 17.9 Å². The Morgan fingerprint density at radius 1 is 0.922 bits per heavy atom. The highest BCUT2D eigenvalue weighted by Crippen LogP contribution is 2.38. The minimum atomic E-state index is -1.03. The molecule has 2 aliphatic heterocycles. The first kappa shape index (κ1) is 37.0. The monoisotopic (exact) mass is 720 g/mol. The highest BCUT2D eigenvalue weighted by molar-refractivity contribution is 6.30. The first-order valence-electron chi connectivity index (χ1n) is 18.9. The third-order valence-corrected chi connectivity index (χ3v) is 11.9. The number of carbonyl (C=O) groups excluding carboxylic acids is 4. The van der Waals surface area contributed by atoms with Crippen molar-refractivity contribution in [3.8, 4) is 0 Å². The van der Waals surface area contributed by atoms with E-state index in [-0.39, 0.29) is 35.8 Å². The van der Waals surface area contributed by atoms with Crippen LogP contribution < -0.4 is 20.9 Å². The summed E-state index contributed by atoms with van der Waals surface area (Å²) in [6, 6.07) is 16.1. The van der Waals surface area contributed by atoms with Crippen molar-refractivity contribution in [1.82, 2.24) is 16.0 Å². The van der Waals surface area contributed by atoms with Gasteiger partial charge in [-0.2, -0.15) is 0 Å². The molecule has 0 bridgehead atoms. The van der Waals surface area contributed by atoms with Gasteiger partial charge in [-0.1, -0.05) is 74.0 Å². The van der Waals surface area contributed by atoms with Gasteiger partial charge in [0.25, 0.3) is 0 Å². The third-order valence-electron chi connectivity index (χ3n) is 11.7. The van der Waals surface area contributed by atoms with Crippen LogP contribution in [0.3, 0.4) is 0 Å². The molecule has 2 saturated carbocycles. The van der Waals surface area contributed by atoms with Gasteiger partial charge in [-0.25, -0.2) is 9.59 Å². The molecule has 4 unspecified atom stereocenters. The Kier molecular flexibility index (Phi) is 12.4. The Morgan fingerprint density at radius 3 is 2.41 bits per heavy atom. The fourth-order valence-corrected chi connectivity index (χ4v) is 9.12. The van der Waals surface area contributed by atoms with Crippen LogP contribution in [0.15, 0.2) is 54.6 Å². The molecule has 0 radical (unpaired) electrons. The highest BCUT2D eigenvalue weighted by Gasteiger charge is 2.47. The molecular formula is C40H53ClN4O6. The lowest BCUT2D eigenvalue weighted by Gasteiger charge is -2.40. The third kappa shape index (κ3) is 9.76. The number of amides is 3. The number of methoxy groups -OCH3 is 1. The fourth-order valence-electron chi connectivity index (χ4n) is 8.90. The second-order valence-electron chi connectivity index (χ2n) is 15.2. The maximum atomic E-state index is 14.0. The van der Waals surface area contributed by atoms with E-state index in [1.54, 1.807) is 0 Å². The molecule has 3 amide bonds. The second kappa shape index (κ2) is 17.2. The predicted molar refractivity (Wildman–Crippen MR) is 196 cm³/mol. The van der Waals surface area contributed by atoms with Crippen molar-refractivity contribution in [2.75, 3.05) is 25.1 Å². The van der Waals surface area contributed by atoms with Gasteiger partial charge in [-0.15, -0.1) is 0 Å². The summed E-state index contributed by atoms with van der Waals surface area (Å²) in [5.41, 5.74) is 1.94. The van der Waals surface area contributed by atoms with Crippen LogP contribution in [-0.4, -0.2) is 67.8 Å². The Bertz CT molecular complexity index is 1510. The number of rotatable bonds is 12. The van der Waals surface area contributed by atoms with E-state index in [1.807, 2.05) is 42.5 Å². The van der Waals surface area contributed by atoms with E-state index in [0.717, 1.165) is 89.3 Å². The summed E-state index contributed by atoms with van der Waals surface area (Å²) in [7, 11) is 1.29. The van der Waals surface area contributed by atoms with E-state index >= 15 is 0 Å². The molecule has 0 aromatic heterocycles. The van der Waals surface area contributed by atoms with Gasteiger partial charge in [0.2, 0.25) is 11.8 Å². The zero-order valence-electron chi connectivity index (χ0n) is 29.7. The second-order valence-corrected chi connectivity index (χ2v) is 15.7. The fraction of sp³-hybridized carbons (Fsp3) is 0.600. The molecule has 1 spiro atoms. The van der Waals surface area contributed by atoms with Crippen LogP contribution in [0.25, 0.3) is 0 Å². The molecular weight excluding hydrogens is 668 g/mol. The minimum absolute atomic E-state index is 0.101. The Labute approximate surface area is 306 Å². The van der Waals surface area contributed by atoms with Gasteiger partial charge in [0, 0.05) is 41.2 Å². The standard InChI is InChI=1S/C40H53ClN4O6/c1-50-38(48)34(25-30-26-40(44-36(30)46)18-20-45(21-19-40)32-15-6-3-7-16-32)42-37(47)33(24-27-10-4-2-5-11-27)43-39(49)51-35-17-9-13-29(35)22-28-12-8-14-31(41)23-28/h3,6-8,12,14-16,23,27,29-30,33-35H,2,4-5,9-11,13,17-22,24-26H2,1H3,(H,42,47)(H,43,49)(H,44,46)/t29?,30?,33-,34?,35?/m0/s1. The molecule has 6 rings (SSSR count). The molecule has 51 heavy (non-hydrogen) atoms. The number of nitrogens with one attached hydrogen (secondary N) is 3. The van der Waals surface area contributed by atoms with Crippen LogP contribution in [0.4, 0.5) is 10.5 Å². The molecule has 2 saturated heterocycles. The summed E-state index contributed by atoms with van der Waals surface area (Å²) in [5.74, 6) is -1.18. The van der Waals surface area contributed by atoms with Gasteiger partial charge in [0.1, 0.15) is 18.2 Å². The van der Waals surface area contributed by atoms with Crippen molar-refractivity contribution in [2.45, 2.75) is 114 Å². The number of ether oxygens (including phenoxy) is 2. The predicted octanol–water partition coefficient (Wildman–Crippen LogP) is 6.34. The van der Waals surface area contributed by atoms with Crippen molar-refractivity contribution in [2.24, 2.45) is 17.8 Å². The van der Waals surface area contributed by atoms with E-state index in [9.17, 15) is 19.2 Å². The van der Waals surface area contributed by atoms with Crippen LogP contribution in [0, 0.1) is 17.8 Å². The Balaban J connectivity index is 1.08. The lowest BCUT2D eigenvalue weighted by molar-refractivity contribution is -0.146. The molecule has 4 fully saturated rings. The smallest absolute Gasteiger partial charge is 0.408 e.